The molecule has 3 heteroatoms. The summed E-state index contributed by atoms with van der Waals surface area (Å²) < 4.78 is 0. The van der Waals surface area contributed by atoms with Crippen molar-refractivity contribution in [1.29, 1.82) is 0 Å². The average Bonchev–Trinajstić information content (AvgIpc) is 2.46. The molecule has 0 heterocycles. The topological polar surface area (TPSA) is 29.1 Å². The van der Waals surface area contributed by atoms with Crippen LogP contribution in [0.4, 0.5) is 0 Å². The van der Waals surface area contributed by atoms with Crippen molar-refractivity contribution in [1.82, 2.24) is 5.32 Å². The zero-order valence-electron chi connectivity index (χ0n) is 12.0. The third-order valence-corrected chi connectivity index (χ3v) is 3.40. The first kappa shape index (κ1) is 15.2. The molecule has 1 amide bonds. The highest BCUT2D eigenvalue weighted by atomic mass is 35.5. The van der Waals surface area contributed by atoms with Crippen LogP contribution in [0.5, 0.6) is 0 Å². The Hall–Kier alpha value is -2.24. The third kappa shape index (κ3) is 4.37. The quantitative estimate of drug-likeness (QED) is 0.841. The first-order valence-electron chi connectivity index (χ1n) is 6.66. The number of hydrogen-bond donors (Lipinski definition) is 1. The minimum atomic E-state index is -0.113. The molecule has 1 N–H and O–H groups in total. The van der Waals surface area contributed by atoms with Gasteiger partial charge in [-0.3, -0.25) is 4.79 Å². The lowest BCUT2D eigenvalue weighted by Gasteiger charge is -2.04. The molecular weight excluding hydrogens is 282 g/mol. The molecule has 0 atom stereocenters. The maximum atomic E-state index is 12.0. The summed E-state index contributed by atoms with van der Waals surface area (Å²) in [5.74, 6) is 5.77. The maximum absolute atomic E-state index is 12.0. The van der Waals surface area contributed by atoms with E-state index in [1.807, 2.05) is 44.2 Å². The third-order valence-electron chi connectivity index (χ3n) is 3.16. The van der Waals surface area contributed by atoms with E-state index in [0.717, 1.165) is 11.1 Å². The van der Waals surface area contributed by atoms with Gasteiger partial charge in [-0.25, -0.2) is 0 Å². The first-order valence-corrected chi connectivity index (χ1v) is 7.04. The Bertz CT molecular complexity index is 725. The molecule has 0 saturated carbocycles. The predicted octanol–water partition coefficient (Wildman–Crippen LogP) is 3.74. The summed E-state index contributed by atoms with van der Waals surface area (Å²) in [4.78, 5) is 12.0. The summed E-state index contributed by atoms with van der Waals surface area (Å²) in [6.07, 6.45) is 0. The number of carbonyl (C=O) groups excluding carboxylic acids is 1. The molecule has 0 bridgehead atoms. The molecule has 2 aromatic rings. The molecule has 0 aliphatic carbocycles. The Morgan fingerprint density at radius 2 is 1.95 bits per heavy atom. The Balaban J connectivity index is 1.94. The van der Waals surface area contributed by atoms with Crippen molar-refractivity contribution < 1.29 is 4.79 Å². The van der Waals surface area contributed by atoms with Crippen molar-refractivity contribution in [3.05, 3.63) is 69.7 Å². The monoisotopic (exact) mass is 297 g/mol. The van der Waals surface area contributed by atoms with Gasteiger partial charge in [-0.1, -0.05) is 35.6 Å². The molecule has 0 aliphatic rings. The summed E-state index contributed by atoms with van der Waals surface area (Å²) in [7, 11) is 0. The average molecular weight is 298 g/mol. The summed E-state index contributed by atoms with van der Waals surface area (Å²) in [5.41, 5.74) is 3.77. The molecule has 0 saturated heterocycles. The second-order valence-corrected chi connectivity index (χ2v) is 5.23. The number of halogens is 1. The van der Waals surface area contributed by atoms with Crippen molar-refractivity contribution in [2.45, 2.75) is 13.8 Å². The van der Waals surface area contributed by atoms with Gasteiger partial charge in [0.25, 0.3) is 5.91 Å². The number of hydrogen-bond acceptors (Lipinski definition) is 1. The summed E-state index contributed by atoms with van der Waals surface area (Å²) in [6.45, 7) is 4.32. The molecule has 106 valence electrons. The number of rotatable bonds is 2. The highest BCUT2D eigenvalue weighted by molar-refractivity contribution is 6.30. The number of nitrogens with one attached hydrogen (secondary N) is 1. The van der Waals surface area contributed by atoms with Gasteiger partial charge in [0.2, 0.25) is 0 Å². The van der Waals surface area contributed by atoms with Gasteiger partial charge >= 0.3 is 0 Å². The minimum Gasteiger partial charge on any atom is -0.341 e. The van der Waals surface area contributed by atoms with Crippen LogP contribution in [0.1, 0.15) is 27.0 Å². The molecule has 2 rings (SSSR count). The Morgan fingerprint density at radius 3 is 2.67 bits per heavy atom. The predicted molar refractivity (Wildman–Crippen MR) is 86.6 cm³/mol. The van der Waals surface area contributed by atoms with E-state index in [-0.39, 0.29) is 5.91 Å². The zero-order chi connectivity index (χ0) is 15.2. The zero-order valence-corrected chi connectivity index (χ0v) is 12.8. The smallest absolute Gasteiger partial charge is 0.252 e. The summed E-state index contributed by atoms with van der Waals surface area (Å²) >= 11 is 5.88. The van der Waals surface area contributed by atoms with Crippen molar-refractivity contribution in [2.75, 3.05) is 6.54 Å². The lowest BCUT2D eigenvalue weighted by Crippen LogP contribution is -2.23. The molecule has 0 spiro atoms. The molecule has 0 unspecified atom stereocenters. The molecular formula is C18H16ClNO. The fourth-order valence-electron chi connectivity index (χ4n) is 1.82. The Morgan fingerprint density at radius 1 is 1.14 bits per heavy atom. The van der Waals surface area contributed by atoms with Crippen LogP contribution in [0, 0.1) is 25.7 Å². The van der Waals surface area contributed by atoms with E-state index in [1.54, 1.807) is 12.1 Å². The van der Waals surface area contributed by atoms with Gasteiger partial charge in [0.1, 0.15) is 0 Å². The van der Waals surface area contributed by atoms with Crippen molar-refractivity contribution in [2.24, 2.45) is 0 Å². The Kier molecular flexibility index (Phi) is 5.03. The van der Waals surface area contributed by atoms with Gasteiger partial charge in [0.15, 0.2) is 0 Å². The van der Waals surface area contributed by atoms with Crippen LogP contribution in [0.25, 0.3) is 0 Å². The fraction of sp³-hybridized carbons (Fsp3) is 0.167. The molecule has 0 fully saturated rings. The van der Waals surface area contributed by atoms with Gasteiger partial charge in [0.05, 0.1) is 6.54 Å². The summed E-state index contributed by atoms with van der Waals surface area (Å²) in [5, 5.41) is 3.44. The standard InChI is InChI=1S/C18H16ClNO/c1-13-8-9-16(11-14(13)2)18(21)20-10-4-6-15-5-3-7-17(19)12-15/h3,5,7-9,11-12H,10H2,1-2H3,(H,20,21). The number of aryl methyl sites for hydroxylation is 2. The van der Waals surface area contributed by atoms with E-state index in [0.29, 0.717) is 17.1 Å². The number of amides is 1. The van der Waals surface area contributed by atoms with E-state index in [4.69, 9.17) is 11.6 Å². The largest absolute Gasteiger partial charge is 0.341 e. The van der Waals surface area contributed by atoms with E-state index in [9.17, 15) is 4.79 Å². The molecule has 21 heavy (non-hydrogen) atoms. The fourth-order valence-corrected chi connectivity index (χ4v) is 2.01. The number of carbonyl (C=O) groups is 1. The maximum Gasteiger partial charge on any atom is 0.252 e. The lowest BCUT2D eigenvalue weighted by atomic mass is 10.1. The van der Waals surface area contributed by atoms with Crippen LogP contribution in [0.3, 0.4) is 0 Å². The highest BCUT2D eigenvalue weighted by Gasteiger charge is 2.04. The van der Waals surface area contributed by atoms with Crippen LogP contribution in [0.2, 0.25) is 5.02 Å². The second-order valence-electron chi connectivity index (χ2n) is 4.79. The van der Waals surface area contributed by atoms with Crippen LogP contribution in [-0.4, -0.2) is 12.5 Å². The summed E-state index contributed by atoms with van der Waals surface area (Å²) in [6, 6.07) is 13.0. The first-order chi connectivity index (χ1) is 10.1. The van der Waals surface area contributed by atoms with Crippen LogP contribution in [-0.2, 0) is 0 Å². The van der Waals surface area contributed by atoms with E-state index in [2.05, 4.69) is 17.2 Å². The molecule has 0 aliphatic heterocycles. The highest BCUT2D eigenvalue weighted by Crippen LogP contribution is 2.10. The second kappa shape index (κ2) is 6.97. The van der Waals surface area contributed by atoms with Crippen LogP contribution >= 0.6 is 11.6 Å². The number of benzene rings is 2. The van der Waals surface area contributed by atoms with Gasteiger partial charge < -0.3 is 5.32 Å². The normalized spacial score (nSPS) is 9.67. The molecule has 2 aromatic carbocycles. The van der Waals surface area contributed by atoms with E-state index < -0.39 is 0 Å². The van der Waals surface area contributed by atoms with Crippen LogP contribution in [0.15, 0.2) is 42.5 Å². The lowest BCUT2D eigenvalue weighted by molar-refractivity contribution is 0.0958. The molecule has 0 aromatic heterocycles. The van der Waals surface area contributed by atoms with Crippen molar-refractivity contribution in [3.8, 4) is 11.8 Å². The molecule has 2 nitrogen and oxygen atoms in total. The van der Waals surface area contributed by atoms with Gasteiger partial charge in [0, 0.05) is 16.1 Å². The van der Waals surface area contributed by atoms with Gasteiger partial charge in [-0.15, -0.1) is 0 Å². The van der Waals surface area contributed by atoms with Crippen molar-refractivity contribution >= 4 is 17.5 Å². The van der Waals surface area contributed by atoms with Crippen molar-refractivity contribution in [3.63, 3.8) is 0 Å². The Labute approximate surface area is 130 Å². The van der Waals surface area contributed by atoms with Gasteiger partial charge in [-0.2, -0.15) is 0 Å². The molecule has 0 radical (unpaired) electrons. The van der Waals surface area contributed by atoms with Crippen LogP contribution < -0.4 is 5.32 Å². The van der Waals surface area contributed by atoms with E-state index >= 15 is 0 Å². The minimum absolute atomic E-state index is 0.113. The van der Waals surface area contributed by atoms with Gasteiger partial charge in [-0.05, 0) is 55.3 Å². The SMILES string of the molecule is Cc1ccc(C(=O)NCC#Cc2cccc(Cl)c2)cc1C. The van der Waals surface area contributed by atoms with E-state index in [1.165, 1.54) is 5.56 Å².